The van der Waals surface area contributed by atoms with E-state index < -0.39 is 0 Å². The highest BCUT2D eigenvalue weighted by Gasteiger charge is 2.21. The molecule has 1 amide bonds. The Kier molecular flexibility index (Phi) is 5.71. The molecule has 24 heavy (non-hydrogen) atoms. The average Bonchev–Trinajstić information content (AvgIpc) is 2.64. The molecular formula is C19H25N3O2. The van der Waals surface area contributed by atoms with Gasteiger partial charge in [-0.2, -0.15) is 5.26 Å². The number of nitriles is 1. The van der Waals surface area contributed by atoms with Crippen molar-refractivity contribution in [1.29, 1.82) is 5.26 Å². The lowest BCUT2D eigenvalue weighted by molar-refractivity contribution is -0.134. The van der Waals surface area contributed by atoms with E-state index in [1.807, 2.05) is 29.2 Å². The first kappa shape index (κ1) is 16.8. The summed E-state index contributed by atoms with van der Waals surface area (Å²) in [6.45, 7) is 2.67. The fourth-order valence-corrected chi connectivity index (χ4v) is 3.49. The number of morpholine rings is 1. The van der Waals surface area contributed by atoms with E-state index in [-0.39, 0.29) is 11.8 Å². The first-order valence-electron chi connectivity index (χ1n) is 8.85. The van der Waals surface area contributed by atoms with E-state index in [0.29, 0.717) is 38.8 Å². The van der Waals surface area contributed by atoms with Crippen molar-refractivity contribution in [2.75, 3.05) is 31.6 Å². The van der Waals surface area contributed by atoms with Crippen LogP contribution in [0.15, 0.2) is 24.3 Å². The molecule has 1 saturated carbocycles. The van der Waals surface area contributed by atoms with Crippen LogP contribution in [-0.2, 0) is 16.0 Å². The van der Waals surface area contributed by atoms with Crippen LogP contribution in [0.3, 0.4) is 0 Å². The van der Waals surface area contributed by atoms with Gasteiger partial charge in [-0.1, -0.05) is 18.6 Å². The van der Waals surface area contributed by atoms with Crippen molar-refractivity contribution in [3.8, 4) is 6.07 Å². The predicted molar refractivity (Wildman–Crippen MR) is 92.5 cm³/mol. The van der Waals surface area contributed by atoms with Gasteiger partial charge in [0.2, 0.25) is 5.91 Å². The van der Waals surface area contributed by atoms with E-state index in [1.165, 1.54) is 0 Å². The van der Waals surface area contributed by atoms with Crippen LogP contribution in [0.1, 0.15) is 31.2 Å². The van der Waals surface area contributed by atoms with Crippen molar-refractivity contribution in [3.63, 3.8) is 0 Å². The van der Waals surface area contributed by atoms with Gasteiger partial charge in [0.25, 0.3) is 0 Å². The number of nitrogens with one attached hydrogen (secondary N) is 1. The van der Waals surface area contributed by atoms with Crippen molar-refractivity contribution in [1.82, 2.24) is 4.90 Å². The van der Waals surface area contributed by atoms with Crippen LogP contribution in [0, 0.1) is 17.2 Å². The zero-order valence-electron chi connectivity index (χ0n) is 14.0. The minimum Gasteiger partial charge on any atom is -0.382 e. The van der Waals surface area contributed by atoms with Gasteiger partial charge in [0.1, 0.15) is 0 Å². The Morgan fingerprint density at radius 1 is 1.25 bits per heavy atom. The molecule has 1 N–H and O–H groups in total. The number of carbonyl (C=O) groups excluding carboxylic acids is 1. The summed E-state index contributed by atoms with van der Waals surface area (Å²) in [5, 5.41) is 12.6. The molecule has 1 aromatic carbocycles. The van der Waals surface area contributed by atoms with Crippen LogP contribution in [0.5, 0.6) is 0 Å². The van der Waals surface area contributed by atoms with E-state index in [1.54, 1.807) is 0 Å². The number of anilines is 1. The Morgan fingerprint density at radius 3 is 2.71 bits per heavy atom. The van der Waals surface area contributed by atoms with Gasteiger partial charge in [0.15, 0.2) is 0 Å². The number of hydrogen-bond donors (Lipinski definition) is 1. The fraction of sp³-hybridized carbons (Fsp3) is 0.579. The summed E-state index contributed by atoms with van der Waals surface area (Å²) in [6.07, 6.45) is 4.63. The molecule has 1 aliphatic heterocycles. The second-order valence-corrected chi connectivity index (χ2v) is 6.70. The van der Waals surface area contributed by atoms with Crippen LogP contribution in [-0.4, -0.2) is 43.2 Å². The number of carbonyl (C=O) groups is 1. The molecule has 5 heteroatoms. The van der Waals surface area contributed by atoms with Crippen LogP contribution in [0.25, 0.3) is 0 Å². The van der Waals surface area contributed by atoms with E-state index in [0.717, 1.165) is 36.9 Å². The standard InChI is InChI=1S/C19H25N3O2/c20-14-16-2-1-3-18(12-16)21-17-6-4-15(5-7-17)13-19(23)22-8-10-24-11-9-22/h4-7,16,18,21H,1-3,8-13H2. The monoisotopic (exact) mass is 327 g/mol. The molecule has 0 spiro atoms. The van der Waals surface area contributed by atoms with Crippen molar-refractivity contribution in [2.24, 2.45) is 5.92 Å². The highest BCUT2D eigenvalue weighted by molar-refractivity contribution is 5.79. The van der Waals surface area contributed by atoms with Gasteiger partial charge in [0.05, 0.1) is 25.7 Å². The molecule has 3 rings (SSSR count). The molecule has 5 nitrogen and oxygen atoms in total. The molecule has 1 heterocycles. The summed E-state index contributed by atoms with van der Waals surface area (Å²) in [4.78, 5) is 14.1. The fourth-order valence-electron chi connectivity index (χ4n) is 3.49. The molecule has 0 radical (unpaired) electrons. The highest BCUT2D eigenvalue weighted by Crippen LogP contribution is 2.26. The number of hydrogen-bond acceptors (Lipinski definition) is 4. The van der Waals surface area contributed by atoms with Crippen molar-refractivity contribution in [3.05, 3.63) is 29.8 Å². The zero-order valence-corrected chi connectivity index (χ0v) is 14.0. The summed E-state index contributed by atoms with van der Waals surface area (Å²) in [5.74, 6) is 0.352. The molecule has 1 aromatic rings. The smallest absolute Gasteiger partial charge is 0.227 e. The minimum absolute atomic E-state index is 0.170. The first-order chi connectivity index (χ1) is 11.7. The number of ether oxygens (including phenoxy) is 1. The zero-order chi connectivity index (χ0) is 16.8. The average molecular weight is 327 g/mol. The van der Waals surface area contributed by atoms with Gasteiger partial charge in [-0.25, -0.2) is 0 Å². The van der Waals surface area contributed by atoms with Crippen LogP contribution in [0.2, 0.25) is 0 Å². The lowest BCUT2D eigenvalue weighted by Crippen LogP contribution is -2.41. The lowest BCUT2D eigenvalue weighted by atomic mass is 9.86. The van der Waals surface area contributed by atoms with Crippen LogP contribution in [0.4, 0.5) is 5.69 Å². The van der Waals surface area contributed by atoms with Crippen molar-refractivity contribution >= 4 is 11.6 Å². The Balaban J connectivity index is 1.51. The van der Waals surface area contributed by atoms with E-state index in [9.17, 15) is 4.79 Å². The molecular weight excluding hydrogens is 302 g/mol. The van der Waals surface area contributed by atoms with E-state index in [4.69, 9.17) is 10.00 Å². The molecule has 0 bridgehead atoms. The highest BCUT2D eigenvalue weighted by atomic mass is 16.5. The summed E-state index contributed by atoms with van der Waals surface area (Å²) in [7, 11) is 0. The largest absolute Gasteiger partial charge is 0.382 e. The molecule has 128 valence electrons. The van der Waals surface area contributed by atoms with Gasteiger partial charge >= 0.3 is 0 Å². The maximum Gasteiger partial charge on any atom is 0.227 e. The van der Waals surface area contributed by atoms with Gasteiger partial charge in [-0.05, 0) is 37.0 Å². The number of benzene rings is 1. The van der Waals surface area contributed by atoms with Gasteiger partial charge in [0, 0.05) is 30.7 Å². The number of rotatable bonds is 4. The third kappa shape index (κ3) is 4.48. The SMILES string of the molecule is N#CC1CCCC(Nc2ccc(CC(=O)N3CCOCC3)cc2)C1. The maximum atomic E-state index is 12.3. The number of amides is 1. The van der Waals surface area contributed by atoms with Crippen molar-refractivity contribution < 1.29 is 9.53 Å². The van der Waals surface area contributed by atoms with Crippen LogP contribution >= 0.6 is 0 Å². The van der Waals surface area contributed by atoms with E-state index in [2.05, 4.69) is 11.4 Å². The first-order valence-corrected chi connectivity index (χ1v) is 8.85. The van der Waals surface area contributed by atoms with Gasteiger partial charge < -0.3 is 15.0 Å². The molecule has 0 aromatic heterocycles. The Hall–Kier alpha value is -2.06. The second kappa shape index (κ2) is 8.16. The molecule has 1 aliphatic carbocycles. The predicted octanol–water partition coefficient (Wildman–Crippen LogP) is 2.58. The van der Waals surface area contributed by atoms with E-state index >= 15 is 0 Å². The van der Waals surface area contributed by atoms with Crippen molar-refractivity contribution in [2.45, 2.75) is 38.1 Å². The third-order valence-electron chi connectivity index (χ3n) is 4.90. The minimum atomic E-state index is 0.170. The van der Waals surface area contributed by atoms with Gasteiger partial charge in [-0.15, -0.1) is 0 Å². The molecule has 2 fully saturated rings. The molecule has 2 unspecified atom stereocenters. The van der Waals surface area contributed by atoms with Gasteiger partial charge in [-0.3, -0.25) is 4.79 Å². The summed E-state index contributed by atoms with van der Waals surface area (Å²) in [6, 6.07) is 10.9. The number of nitrogens with zero attached hydrogens (tertiary/aromatic N) is 2. The Bertz CT molecular complexity index is 588. The summed E-state index contributed by atoms with van der Waals surface area (Å²) < 4.78 is 5.28. The lowest BCUT2D eigenvalue weighted by Gasteiger charge is -2.27. The second-order valence-electron chi connectivity index (χ2n) is 6.70. The molecule has 1 saturated heterocycles. The maximum absolute atomic E-state index is 12.3. The normalized spacial score (nSPS) is 24.2. The summed E-state index contributed by atoms with van der Waals surface area (Å²) >= 11 is 0. The quantitative estimate of drug-likeness (QED) is 0.923. The topological polar surface area (TPSA) is 65.4 Å². The molecule has 2 aliphatic rings. The molecule has 2 atom stereocenters. The third-order valence-corrected chi connectivity index (χ3v) is 4.90. The Labute approximate surface area is 143 Å². The Morgan fingerprint density at radius 2 is 2.00 bits per heavy atom. The summed E-state index contributed by atoms with van der Waals surface area (Å²) in [5.41, 5.74) is 2.11. The van der Waals surface area contributed by atoms with Crippen LogP contribution < -0.4 is 5.32 Å².